The van der Waals surface area contributed by atoms with E-state index in [1.165, 1.54) is 19.2 Å². The molecule has 1 aromatic rings. The molecule has 0 aromatic carbocycles. The molecule has 16 heavy (non-hydrogen) atoms. The van der Waals surface area contributed by atoms with Gasteiger partial charge in [0.1, 0.15) is 12.0 Å². The summed E-state index contributed by atoms with van der Waals surface area (Å²) in [5.74, 6) is 0.0485. The maximum absolute atomic E-state index is 12.1. The lowest BCUT2D eigenvalue weighted by Crippen LogP contribution is -2.32. The minimum atomic E-state index is 0.0485. The van der Waals surface area contributed by atoms with Crippen molar-refractivity contribution in [3.05, 3.63) is 23.8 Å². The molecule has 1 aliphatic heterocycles. The third-order valence-corrected chi connectivity index (χ3v) is 2.92. The van der Waals surface area contributed by atoms with Crippen LogP contribution in [0.25, 0.3) is 0 Å². The van der Waals surface area contributed by atoms with E-state index in [0.717, 1.165) is 31.6 Å². The van der Waals surface area contributed by atoms with Gasteiger partial charge in [-0.2, -0.15) is 0 Å². The lowest BCUT2D eigenvalue weighted by Gasteiger charge is -2.19. The Bertz CT molecular complexity index is 370. The lowest BCUT2D eigenvalue weighted by atomic mass is 10.2. The van der Waals surface area contributed by atoms with Gasteiger partial charge in [-0.25, -0.2) is 9.97 Å². The highest BCUT2D eigenvalue weighted by molar-refractivity contribution is 5.92. The van der Waals surface area contributed by atoms with Gasteiger partial charge in [-0.05, 0) is 25.8 Å². The quantitative estimate of drug-likeness (QED) is 0.723. The predicted molar refractivity (Wildman–Crippen MR) is 61.1 cm³/mol. The summed E-state index contributed by atoms with van der Waals surface area (Å²) < 4.78 is 0. The molecular weight excluding hydrogens is 202 g/mol. The fourth-order valence-electron chi connectivity index (χ4n) is 2.01. The second-order valence-corrected chi connectivity index (χ2v) is 4.25. The van der Waals surface area contributed by atoms with Gasteiger partial charge in [0, 0.05) is 18.8 Å². The average molecular weight is 219 g/mol. The number of hydrogen-bond acceptors (Lipinski definition) is 3. The number of carbonyl (C=O) groups is 1. The molecule has 1 saturated heterocycles. The van der Waals surface area contributed by atoms with Crippen LogP contribution in [0.4, 0.5) is 0 Å². The Balaban J connectivity index is 2.11. The first-order chi connectivity index (χ1) is 7.77. The van der Waals surface area contributed by atoms with Gasteiger partial charge in [0.05, 0.1) is 0 Å². The van der Waals surface area contributed by atoms with E-state index in [0.29, 0.717) is 5.69 Å². The van der Waals surface area contributed by atoms with E-state index in [-0.39, 0.29) is 5.91 Å². The summed E-state index contributed by atoms with van der Waals surface area (Å²) >= 11 is 0. The highest BCUT2D eigenvalue weighted by atomic mass is 16.2. The molecule has 0 unspecified atom stereocenters. The minimum absolute atomic E-state index is 0.0485. The fraction of sp³-hybridized carbons (Fsp3) is 0.583. The molecule has 1 amide bonds. The second-order valence-electron chi connectivity index (χ2n) is 4.25. The number of hydrogen-bond donors (Lipinski definition) is 0. The summed E-state index contributed by atoms with van der Waals surface area (Å²) in [6.07, 6.45) is 6.13. The van der Waals surface area contributed by atoms with Gasteiger partial charge in [-0.3, -0.25) is 4.79 Å². The molecule has 86 valence electrons. The molecule has 2 heterocycles. The SMILES string of the molecule is Cc1cc(C(=O)N2CCCCCC2)ncn1. The molecule has 1 aliphatic rings. The first-order valence-corrected chi connectivity index (χ1v) is 5.85. The maximum Gasteiger partial charge on any atom is 0.272 e. The van der Waals surface area contributed by atoms with Crippen molar-refractivity contribution in [1.82, 2.24) is 14.9 Å². The van der Waals surface area contributed by atoms with Crippen molar-refractivity contribution in [2.75, 3.05) is 13.1 Å². The number of carbonyl (C=O) groups excluding carboxylic acids is 1. The minimum Gasteiger partial charge on any atom is -0.337 e. The number of aryl methyl sites for hydroxylation is 1. The van der Waals surface area contributed by atoms with Gasteiger partial charge >= 0.3 is 0 Å². The summed E-state index contributed by atoms with van der Waals surface area (Å²) in [5, 5.41) is 0. The van der Waals surface area contributed by atoms with Crippen molar-refractivity contribution < 1.29 is 4.79 Å². The summed E-state index contributed by atoms with van der Waals surface area (Å²) in [5.41, 5.74) is 1.36. The fourth-order valence-corrected chi connectivity index (χ4v) is 2.01. The number of nitrogens with zero attached hydrogens (tertiary/aromatic N) is 3. The van der Waals surface area contributed by atoms with Crippen molar-refractivity contribution in [1.29, 1.82) is 0 Å². The van der Waals surface area contributed by atoms with E-state index in [1.807, 2.05) is 11.8 Å². The van der Waals surface area contributed by atoms with Crippen LogP contribution in [0.3, 0.4) is 0 Å². The van der Waals surface area contributed by atoms with E-state index >= 15 is 0 Å². The molecule has 2 rings (SSSR count). The van der Waals surface area contributed by atoms with Gasteiger partial charge < -0.3 is 4.90 Å². The number of rotatable bonds is 1. The molecule has 0 atom stereocenters. The Labute approximate surface area is 95.7 Å². The average Bonchev–Trinajstić information content (AvgIpc) is 2.56. The monoisotopic (exact) mass is 219 g/mol. The standard InChI is InChI=1S/C12H17N3O/c1-10-8-11(14-9-13-10)12(16)15-6-4-2-3-5-7-15/h8-9H,2-7H2,1H3. The topological polar surface area (TPSA) is 46.1 Å². The van der Waals surface area contributed by atoms with Crippen molar-refractivity contribution in [3.8, 4) is 0 Å². The summed E-state index contributed by atoms with van der Waals surface area (Å²) in [4.78, 5) is 22.1. The molecule has 0 radical (unpaired) electrons. The molecule has 0 N–H and O–H groups in total. The van der Waals surface area contributed by atoms with E-state index in [2.05, 4.69) is 9.97 Å². The molecule has 0 aliphatic carbocycles. The normalized spacial score (nSPS) is 16.9. The molecule has 1 aromatic heterocycles. The number of amides is 1. The van der Waals surface area contributed by atoms with Crippen LogP contribution in [0.5, 0.6) is 0 Å². The van der Waals surface area contributed by atoms with Gasteiger partial charge in [0.15, 0.2) is 0 Å². The van der Waals surface area contributed by atoms with Gasteiger partial charge in [-0.1, -0.05) is 12.8 Å². The second kappa shape index (κ2) is 5.05. The molecule has 0 spiro atoms. The summed E-state index contributed by atoms with van der Waals surface area (Å²) in [6.45, 7) is 3.60. The van der Waals surface area contributed by atoms with E-state index in [1.54, 1.807) is 6.07 Å². The van der Waals surface area contributed by atoms with Crippen LogP contribution in [0.1, 0.15) is 41.9 Å². The number of aromatic nitrogens is 2. The molecular formula is C12H17N3O. The molecule has 4 heteroatoms. The Morgan fingerprint density at radius 2 is 1.88 bits per heavy atom. The Hall–Kier alpha value is -1.45. The lowest BCUT2D eigenvalue weighted by molar-refractivity contribution is 0.0755. The highest BCUT2D eigenvalue weighted by Gasteiger charge is 2.18. The van der Waals surface area contributed by atoms with E-state index in [4.69, 9.17) is 0 Å². The number of likely N-dealkylation sites (tertiary alicyclic amines) is 1. The maximum atomic E-state index is 12.1. The van der Waals surface area contributed by atoms with Gasteiger partial charge in [0.2, 0.25) is 0 Å². The summed E-state index contributed by atoms with van der Waals surface area (Å²) in [6, 6.07) is 1.76. The van der Waals surface area contributed by atoms with E-state index < -0.39 is 0 Å². The zero-order chi connectivity index (χ0) is 11.4. The van der Waals surface area contributed by atoms with Crippen LogP contribution in [0.15, 0.2) is 12.4 Å². The Kier molecular flexibility index (Phi) is 3.49. The van der Waals surface area contributed by atoms with Crippen LogP contribution in [0.2, 0.25) is 0 Å². The van der Waals surface area contributed by atoms with Crippen LogP contribution >= 0.6 is 0 Å². The highest BCUT2D eigenvalue weighted by Crippen LogP contribution is 2.12. The smallest absolute Gasteiger partial charge is 0.272 e. The van der Waals surface area contributed by atoms with Crippen molar-refractivity contribution in [3.63, 3.8) is 0 Å². The van der Waals surface area contributed by atoms with Gasteiger partial charge in [-0.15, -0.1) is 0 Å². The largest absolute Gasteiger partial charge is 0.337 e. The third kappa shape index (κ3) is 2.56. The zero-order valence-electron chi connectivity index (χ0n) is 9.65. The third-order valence-electron chi connectivity index (χ3n) is 2.92. The van der Waals surface area contributed by atoms with Crippen LogP contribution in [-0.4, -0.2) is 33.9 Å². The van der Waals surface area contributed by atoms with Crippen LogP contribution < -0.4 is 0 Å². The predicted octanol–water partition coefficient (Wildman–Crippen LogP) is 1.80. The molecule has 0 bridgehead atoms. The van der Waals surface area contributed by atoms with Crippen molar-refractivity contribution in [2.45, 2.75) is 32.6 Å². The Morgan fingerprint density at radius 3 is 2.50 bits per heavy atom. The van der Waals surface area contributed by atoms with Crippen LogP contribution in [-0.2, 0) is 0 Å². The van der Waals surface area contributed by atoms with Crippen molar-refractivity contribution in [2.24, 2.45) is 0 Å². The zero-order valence-corrected chi connectivity index (χ0v) is 9.65. The molecule has 0 saturated carbocycles. The summed E-state index contributed by atoms with van der Waals surface area (Å²) in [7, 11) is 0. The van der Waals surface area contributed by atoms with E-state index in [9.17, 15) is 4.79 Å². The van der Waals surface area contributed by atoms with Crippen LogP contribution in [0, 0.1) is 6.92 Å². The first kappa shape index (κ1) is 11.0. The first-order valence-electron chi connectivity index (χ1n) is 5.85. The Morgan fingerprint density at radius 1 is 1.19 bits per heavy atom. The van der Waals surface area contributed by atoms with Crippen molar-refractivity contribution >= 4 is 5.91 Å². The van der Waals surface area contributed by atoms with Gasteiger partial charge in [0.25, 0.3) is 5.91 Å². The molecule has 1 fully saturated rings. The molecule has 4 nitrogen and oxygen atoms in total.